The molecule has 2 rings (SSSR count). The Labute approximate surface area is 101 Å². The first kappa shape index (κ1) is 12.5. The van der Waals surface area contributed by atoms with Crippen molar-refractivity contribution in [3.05, 3.63) is 17.3 Å². The van der Waals surface area contributed by atoms with Crippen LogP contribution in [0.3, 0.4) is 0 Å². The third-order valence-corrected chi connectivity index (χ3v) is 3.25. The van der Waals surface area contributed by atoms with Gasteiger partial charge in [0.15, 0.2) is 0 Å². The van der Waals surface area contributed by atoms with Crippen LogP contribution in [0.5, 0.6) is 0 Å². The summed E-state index contributed by atoms with van der Waals surface area (Å²) in [5.74, 6) is 1.62. The minimum absolute atomic E-state index is 0.0624. The Morgan fingerprint density at radius 1 is 1.47 bits per heavy atom. The van der Waals surface area contributed by atoms with E-state index in [1.807, 2.05) is 13.8 Å². The molecule has 1 aromatic rings. The predicted octanol–water partition coefficient (Wildman–Crippen LogP) is 0.873. The summed E-state index contributed by atoms with van der Waals surface area (Å²) in [6.07, 6.45) is -0.0941. The number of ether oxygens (including phenoxy) is 1. The Morgan fingerprint density at radius 3 is 2.82 bits per heavy atom. The van der Waals surface area contributed by atoms with Crippen molar-refractivity contribution in [2.45, 2.75) is 39.5 Å². The zero-order valence-electron chi connectivity index (χ0n) is 10.6. The van der Waals surface area contributed by atoms with E-state index in [-0.39, 0.29) is 12.7 Å². The Bertz CT molecular complexity index is 358. The van der Waals surface area contributed by atoms with E-state index < -0.39 is 0 Å². The smallest absolute Gasteiger partial charge is 0.208 e. The second kappa shape index (κ2) is 5.16. The van der Waals surface area contributed by atoms with Crippen LogP contribution >= 0.6 is 0 Å². The van der Waals surface area contributed by atoms with Gasteiger partial charge in [-0.25, -0.2) is 4.98 Å². The Kier molecular flexibility index (Phi) is 3.81. The van der Waals surface area contributed by atoms with E-state index in [2.05, 4.69) is 16.8 Å². The van der Waals surface area contributed by atoms with Gasteiger partial charge in [0.05, 0.1) is 31.6 Å². The lowest BCUT2D eigenvalue weighted by Crippen LogP contribution is -2.48. The maximum Gasteiger partial charge on any atom is 0.208 e. The lowest BCUT2D eigenvalue weighted by Gasteiger charge is -2.36. The van der Waals surface area contributed by atoms with E-state index in [1.165, 1.54) is 0 Å². The van der Waals surface area contributed by atoms with Gasteiger partial charge in [-0.05, 0) is 20.8 Å². The summed E-state index contributed by atoms with van der Waals surface area (Å²) in [6, 6.07) is 0.324. The molecule has 2 heterocycles. The molecule has 0 bridgehead atoms. The molecule has 17 heavy (non-hydrogen) atoms. The molecule has 0 aromatic carbocycles. The zero-order chi connectivity index (χ0) is 12.4. The number of aromatic nitrogens is 1. The molecule has 5 nitrogen and oxygen atoms in total. The van der Waals surface area contributed by atoms with Crippen LogP contribution in [0.15, 0.2) is 4.42 Å². The number of aliphatic hydroxyl groups excluding tert-OH is 1. The van der Waals surface area contributed by atoms with Gasteiger partial charge in [-0.3, -0.25) is 4.90 Å². The minimum Gasteiger partial charge on any atom is -0.444 e. The summed E-state index contributed by atoms with van der Waals surface area (Å²) in [6.45, 7) is 8.08. The second-order valence-corrected chi connectivity index (χ2v) is 4.67. The monoisotopic (exact) mass is 240 g/mol. The van der Waals surface area contributed by atoms with E-state index in [4.69, 9.17) is 14.3 Å². The molecule has 1 aliphatic rings. The summed E-state index contributed by atoms with van der Waals surface area (Å²) in [5, 5.41) is 9.12. The summed E-state index contributed by atoms with van der Waals surface area (Å²) < 4.78 is 11.1. The molecule has 2 unspecified atom stereocenters. The third-order valence-electron chi connectivity index (χ3n) is 3.25. The molecule has 0 aliphatic carbocycles. The second-order valence-electron chi connectivity index (χ2n) is 4.67. The van der Waals surface area contributed by atoms with Gasteiger partial charge in [0, 0.05) is 12.6 Å². The van der Waals surface area contributed by atoms with Crippen LogP contribution in [-0.4, -0.2) is 46.9 Å². The minimum atomic E-state index is -0.0941. The molecule has 0 spiro atoms. The molecule has 1 saturated heterocycles. The van der Waals surface area contributed by atoms with Crippen molar-refractivity contribution in [2.75, 3.05) is 19.8 Å². The summed E-state index contributed by atoms with van der Waals surface area (Å²) in [7, 11) is 0. The highest BCUT2D eigenvalue weighted by Crippen LogP contribution is 2.16. The highest BCUT2D eigenvalue weighted by molar-refractivity contribution is 5.05. The number of hydrogen-bond donors (Lipinski definition) is 1. The van der Waals surface area contributed by atoms with Crippen molar-refractivity contribution >= 4 is 0 Å². The van der Waals surface area contributed by atoms with Gasteiger partial charge in [-0.1, -0.05) is 0 Å². The van der Waals surface area contributed by atoms with Gasteiger partial charge in [-0.2, -0.15) is 0 Å². The number of morpholine rings is 1. The van der Waals surface area contributed by atoms with Crippen LogP contribution in [0, 0.1) is 13.8 Å². The van der Waals surface area contributed by atoms with E-state index >= 15 is 0 Å². The van der Waals surface area contributed by atoms with E-state index in [9.17, 15) is 0 Å². The number of nitrogens with zero attached hydrogens (tertiary/aromatic N) is 2. The molecule has 0 saturated carbocycles. The van der Waals surface area contributed by atoms with Gasteiger partial charge < -0.3 is 14.3 Å². The van der Waals surface area contributed by atoms with Gasteiger partial charge in [-0.15, -0.1) is 0 Å². The first-order valence-corrected chi connectivity index (χ1v) is 5.99. The molecule has 1 aliphatic heterocycles. The van der Waals surface area contributed by atoms with Crippen LogP contribution in [0.2, 0.25) is 0 Å². The normalized spacial score (nSPS) is 26.4. The molecule has 2 atom stereocenters. The number of hydrogen-bond acceptors (Lipinski definition) is 5. The standard InChI is InChI=1S/C12H20N2O3/c1-8-7-16-11(6-15)4-14(8)5-12-13-9(2)10(3)17-12/h8,11,15H,4-7H2,1-3H3. The van der Waals surface area contributed by atoms with E-state index in [1.54, 1.807) is 0 Å². The van der Waals surface area contributed by atoms with Crippen LogP contribution in [0.4, 0.5) is 0 Å². The number of aryl methyl sites for hydroxylation is 2. The Balaban J connectivity index is 2.01. The molecular weight excluding hydrogens is 220 g/mol. The SMILES string of the molecule is Cc1nc(CN2CC(CO)OCC2C)oc1C. The zero-order valence-corrected chi connectivity index (χ0v) is 10.6. The molecule has 0 amide bonds. The van der Waals surface area contributed by atoms with Crippen LogP contribution in [-0.2, 0) is 11.3 Å². The Morgan fingerprint density at radius 2 is 2.24 bits per heavy atom. The molecule has 1 fully saturated rings. The van der Waals surface area contributed by atoms with Crippen molar-refractivity contribution in [2.24, 2.45) is 0 Å². The Hall–Kier alpha value is -0.910. The quantitative estimate of drug-likeness (QED) is 0.849. The van der Waals surface area contributed by atoms with Crippen molar-refractivity contribution < 1.29 is 14.3 Å². The summed E-state index contributed by atoms with van der Waals surface area (Å²) in [5.41, 5.74) is 0.944. The number of oxazole rings is 1. The van der Waals surface area contributed by atoms with Crippen molar-refractivity contribution in [3.63, 3.8) is 0 Å². The molecule has 5 heteroatoms. The van der Waals surface area contributed by atoms with Crippen LogP contribution in [0.1, 0.15) is 24.3 Å². The first-order chi connectivity index (χ1) is 8.10. The van der Waals surface area contributed by atoms with Gasteiger partial charge in [0.2, 0.25) is 5.89 Å². The van der Waals surface area contributed by atoms with Crippen molar-refractivity contribution in [1.29, 1.82) is 0 Å². The predicted molar refractivity (Wildman–Crippen MR) is 62.7 cm³/mol. The maximum absolute atomic E-state index is 9.12. The molecule has 1 aromatic heterocycles. The van der Waals surface area contributed by atoms with Crippen molar-refractivity contribution in [1.82, 2.24) is 9.88 Å². The summed E-state index contributed by atoms with van der Waals surface area (Å²) in [4.78, 5) is 6.61. The average molecular weight is 240 g/mol. The lowest BCUT2D eigenvalue weighted by atomic mass is 10.2. The average Bonchev–Trinajstić information content (AvgIpc) is 2.61. The topological polar surface area (TPSA) is 58.7 Å². The molecule has 96 valence electrons. The number of rotatable bonds is 3. The van der Waals surface area contributed by atoms with Crippen molar-refractivity contribution in [3.8, 4) is 0 Å². The summed E-state index contributed by atoms with van der Waals surface area (Å²) >= 11 is 0. The lowest BCUT2D eigenvalue weighted by molar-refractivity contribution is -0.0824. The van der Waals surface area contributed by atoms with Gasteiger partial charge in [0.25, 0.3) is 0 Å². The van der Waals surface area contributed by atoms with Crippen LogP contribution in [0.25, 0.3) is 0 Å². The largest absolute Gasteiger partial charge is 0.444 e. The fourth-order valence-corrected chi connectivity index (χ4v) is 1.99. The first-order valence-electron chi connectivity index (χ1n) is 5.99. The van der Waals surface area contributed by atoms with Gasteiger partial charge in [0.1, 0.15) is 5.76 Å². The maximum atomic E-state index is 9.12. The van der Waals surface area contributed by atoms with Gasteiger partial charge >= 0.3 is 0 Å². The third kappa shape index (κ3) is 2.86. The fraction of sp³-hybridized carbons (Fsp3) is 0.750. The fourth-order valence-electron chi connectivity index (χ4n) is 1.99. The highest BCUT2D eigenvalue weighted by atomic mass is 16.5. The number of aliphatic hydroxyl groups is 1. The molecule has 0 radical (unpaired) electrons. The van der Waals surface area contributed by atoms with E-state index in [0.717, 1.165) is 23.9 Å². The van der Waals surface area contributed by atoms with E-state index in [0.29, 0.717) is 19.2 Å². The molecule has 1 N–H and O–H groups in total. The molecular formula is C12H20N2O3. The highest BCUT2D eigenvalue weighted by Gasteiger charge is 2.26. The van der Waals surface area contributed by atoms with Crippen LogP contribution < -0.4 is 0 Å².